The number of rotatable bonds is 0. The van der Waals surface area contributed by atoms with Gasteiger partial charge in [-0.2, -0.15) is 0 Å². The fourth-order valence-corrected chi connectivity index (χ4v) is 2.02. The third-order valence-electron chi connectivity index (χ3n) is 2.29. The van der Waals surface area contributed by atoms with Crippen LogP contribution in [0.15, 0.2) is 10.6 Å². The summed E-state index contributed by atoms with van der Waals surface area (Å²) >= 11 is 17.7. The Hall–Kier alpha value is 0.280. The standard InChI is InChI=1S/C8H9Cl3O/c1-4-5(9)7(2,3)8(10,11)6(4)12/h1-3H3. The molecule has 1 rings (SSSR count). The predicted octanol–water partition coefficient (Wildman–Crippen LogP) is 3.28. The van der Waals surface area contributed by atoms with Crippen molar-refractivity contribution in [2.24, 2.45) is 5.41 Å². The summed E-state index contributed by atoms with van der Waals surface area (Å²) in [6.45, 7) is 5.15. The van der Waals surface area contributed by atoms with Gasteiger partial charge in [-0.25, -0.2) is 0 Å². The zero-order chi connectivity index (χ0) is 9.73. The second kappa shape index (κ2) is 2.63. The fraction of sp³-hybridized carbons (Fsp3) is 0.625. The highest BCUT2D eigenvalue weighted by atomic mass is 35.5. The number of allylic oxidation sites excluding steroid dienone is 2. The molecule has 0 amide bonds. The number of hydrogen-bond acceptors (Lipinski definition) is 1. The Kier molecular flexibility index (Phi) is 2.27. The van der Waals surface area contributed by atoms with Crippen molar-refractivity contribution in [3.05, 3.63) is 10.6 Å². The molecule has 12 heavy (non-hydrogen) atoms. The van der Waals surface area contributed by atoms with Crippen LogP contribution in [-0.2, 0) is 4.79 Å². The second-order valence-corrected chi connectivity index (χ2v) is 5.17. The third kappa shape index (κ3) is 1.03. The van der Waals surface area contributed by atoms with Crippen LogP contribution in [0.5, 0.6) is 0 Å². The summed E-state index contributed by atoms with van der Waals surface area (Å²) in [5, 5.41) is 0.456. The predicted molar refractivity (Wildman–Crippen MR) is 51.8 cm³/mol. The molecule has 1 aliphatic rings. The molecule has 0 bridgehead atoms. The molecular weight excluding hydrogens is 218 g/mol. The van der Waals surface area contributed by atoms with Crippen molar-refractivity contribution in [1.29, 1.82) is 0 Å². The topological polar surface area (TPSA) is 17.1 Å². The van der Waals surface area contributed by atoms with E-state index in [-0.39, 0.29) is 5.78 Å². The average molecular weight is 228 g/mol. The minimum atomic E-state index is -1.41. The monoisotopic (exact) mass is 226 g/mol. The van der Waals surface area contributed by atoms with E-state index in [9.17, 15) is 4.79 Å². The molecule has 1 aliphatic carbocycles. The molecule has 1 nitrogen and oxygen atoms in total. The summed E-state index contributed by atoms with van der Waals surface area (Å²) in [5.74, 6) is -0.291. The van der Waals surface area contributed by atoms with Gasteiger partial charge in [-0.3, -0.25) is 4.79 Å². The van der Waals surface area contributed by atoms with E-state index in [0.29, 0.717) is 10.6 Å². The van der Waals surface area contributed by atoms with Gasteiger partial charge < -0.3 is 0 Å². The number of Topliss-reactive ketones (excluding diaryl/α,β-unsaturated/α-hetero) is 1. The molecule has 4 heteroatoms. The smallest absolute Gasteiger partial charge is 0.196 e. The van der Waals surface area contributed by atoms with E-state index >= 15 is 0 Å². The first-order chi connectivity index (χ1) is 5.23. The summed E-state index contributed by atoms with van der Waals surface area (Å²) in [4.78, 5) is 11.4. The van der Waals surface area contributed by atoms with E-state index < -0.39 is 9.75 Å². The van der Waals surface area contributed by atoms with Crippen LogP contribution in [0.25, 0.3) is 0 Å². The van der Waals surface area contributed by atoms with Crippen LogP contribution in [0, 0.1) is 5.41 Å². The van der Waals surface area contributed by atoms with Gasteiger partial charge >= 0.3 is 0 Å². The quantitative estimate of drug-likeness (QED) is 0.581. The second-order valence-electron chi connectivity index (χ2n) is 3.47. The molecule has 0 aromatic heterocycles. The molecule has 0 unspecified atom stereocenters. The molecule has 0 aromatic rings. The summed E-state index contributed by atoms with van der Waals surface area (Å²) < 4.78 is -1.41. The summed E-state index contributed by atoms with van der Waals surface area (Å²) in [5.41, 5.74) is -0.217. The van der Waals surface area contributed by atoms with Crippen LogP contribution in [0.4, 0.5) is 0 Å². The maximum atomic E-state index is 11.4. The lowest BCUT2D eigenvalue weighted by atomic mass is 9.92. The summed E-state index contributed by atoms with van der Waals surface area (Å²) in [6.07, 6.45) is 0. The highest BCUT2D eigenvalue weighted by molar-refractivity contribution is 6.63. The van der Waals surface area contributed by atoms with Crippen molar-refractivity contribution in [2.75, 3.05) is 0 Å². The average Bonchev–Trinajstić information content (AvgIpc) is 2.05. The summed E-state index contributed by atoms with van der Waals surface area (Å²) in [6, 6.07) is 0. The Balaban J connectivity index is 3.31. The Bertz CT molecular complexity index is 276. The number of ketones is 1. The lowest BCUT2D eigenvalue weighted by Crippen LogP contribution is -2.36. The molecular formula is C8H9Cl3O. The lowest BCUT2D eigenvalue weighted by molar-refractivity contribution is -0.116. The van der Waals surface area contributed by atoms with Crippen molar-refractivity contribution < 1.29 is 4.79 Å². The Morgan fingerprint density at radius 3 is 1.75 bits per heavy atom. The van der Waals surface area contributed by atoms with E-state index in [1.54, 1.807) is 20.8 Å². The van der Waals surface area contributed by atoms with E-state index in [1.165, 1.54) is 0 Å². The van der Waals surface area contributed by atoms with Crippen molar-refractivity contribution in [3.8, 4) is 0 Å². The van der Waals surface area contributed by atoms with Gasteiger partial charge in [0.05, 0.1) is 0 Å². The molecule has 0 heterocycles. The normalized spacial score (nSPS) is 26.7. The first-order valence-electron chi connectivity index (χ1n) is 3.52. The van der Waals surface area contributed by atoms with Crippen LogP contribution >= 0.6 is 34.8 Å². The van der Waals surface area contributed by atoms with Crippen molar-refractivity contribution in [1.82, 2.24) is 0 Å². The highest BCUT2D eigenvalue weighted by Gasteiger charge is 2.56. The Labute approximate surface area is 86.7 Å². The van der Waals surface area contributed by atoms with Crippen molar-refractivity contribution in [2.45, 2.75) is 25.1 Å². The van der Waals surface area contributed by atoms with Crippen LogP contribution < -0.4 is 0 Å². The van der Waals surface area contributed by atoms with E-state index in [1.807, 2.05) is 0 Å². The number of carbonyl (C=O) groups excluding carboxylic acids is 1. The summed E-state index contributed by atoms with van der Waals surface area (Å²) in [7, 11) is 0. The molecule has 0 aromatic carbocycles. The molecule has 0 atom stereocenters. The van der Waals surface area contributed by atoms with Gasteiger partial charge in [-0.1, -0.05) is 48.7 Å². The van der Waals surface area contributed by atoms with Crippen LogP contribution in [0.3, 0.4) is 0 Å². The van der Waals surface area contributed by atoms with E-state index in [4.69, 9.17) is 34.8 Å². The van der Waals surface area contributed by atoms with Crippen molar-refractivity contribution >= 4 is 40.6 Å². The van der Waals surface area contributed by atoms with Crippen molar-refractivity contribution in [3.63, 3.8) is 0 Å². The number of hydrogen-bond donors (Lipinski definition) is 0. The Morgan fingerprint density at radius 2 is 1.67 bits per heavy atom. The Morgan fingerprint density at radius 1 is 1.25 bits per heavy atom. The molecule has 68 valence electrons. The van der Waals surface area contributed by atoms with Crippen LogP contribution in [-0.4, -0.2) is 10.1 Å². The van der Waals surface area contributed by atoms with Crippen LogP contribution in [0.1, 0.15) is 20.8 Å². The third-order valence-corrected chi connectivity index (χ3v) is 4.33. The molecule has 0 N–H and O–H groups in total. The molecule has 0 radical (unpaired) electrons. The molecule has 0 saturated carbocycles. The first-order valence-corrected chi connectivity index (χ1v) is 4.65. The van der Waals surface area contributed by atoms with E-state index in [0.717, 1.165) is 0 Å². The van der Waals surface area contributed by atoms with Gasteiger partial charge in [0.15, 0.2) is 10.1 Å². The molecule has 0 spiro atoms. The molecule has 0 aliphatic heterocycles. The van der Waals surface area contributed by atoms with Crippen LogP contribution in [0.2, 0.25) is 0 Å². The molecule has 0 fully saturated rings. The fourth-order valence-electron chi connectivity index (χ4n) is 1.23. The lowest BCUT2D eigenvalue weighted by Gasteiger charge is -2.28. The first kappa shape index (κ1) is 10.4. The van der Waals surface area contributed by atoms with Gasteiger partial charge in [-0.15, -0.1) is 0 Å². The number of alkyl halides is 2. The maximum absolute atomic E-state index is 11.4. The zero-order valence-electron chi connectivity index (χ0n) is 7.04. The number of carbonyl (C=O) groups is 1. The maximum Gasteiger partial charge on any atom is 0.196 e. The highest BCUT2D eigenvalue weighted by Crippen LogP contribution is 2.55. The SMILES string of the molecule is CC1=C(Cl)C(C)(C)C(Cl)(Cl)C1=O. The van der Waals surface area contributed by atoms with Gasteiger partial charge in [0, 0.05) is 16.0 Å². The van der Waals surface area contributed by atoms with Gasteiger partial charge in [-0.05, 0) is 6.92 Å². The number of halogens is 3. The minimum Gasteiger partial charge on any atom is -0.291 e. The van der Waals surface area contributed by atoms with E-state index in [2.05, 4.69) is 0 Å². The minimum absolute atomic E-state index is 0.291. The largest absolute Gasteiger partial charge is 0.291 e. The van der Waals surface area contributed by atoms with Gasteiger partial charge in [0.1, 0.15) is 0 Å². The zero-order valence-corrected chi connectivity index (χ0v) is 9.31. The van der Waals surface area contributed by atoms with Gasteiger partial charge in [0.25, 0.3) is 0 Å². The van der Waals surface area contributed by atoms with Gasteiger partial charge in [0.2, 0.25) is 0 Å². The molecule has 0 saturated heterocycles.